The molecular formula is C17H24N4O. The molecule has 118 valence electrons. The van der Waals surface area contributed by atoms with E-state index < -0.39 is 0 Å². The first-order chi connectivity index (χ1) is 10.4. The van der Waals surface area contributed by atoms with Crippen LogP contribution in [0.25, 0.3) is 5.52 Å². The fourth-order valence-electron chi connectivity index (χ4n) is 2.88. The van der Waals surface area contributed by atoms with Crippen LogP contribution >= 0.6 is 0 Å². The van der Waals surface area contributed by atoms with Crippen molar-refractivity contribution in [3.63, 3.8) is 0 Å². The van der Waals surface area contributed by atoms with Gasteiger partial charge in [0, 0.05) is 44.3 Å². The molecule has 0 spiro atoms. The molecule has 5 nitrogen and oxygen atoms in total. The summed E-state index contributed by atoms with van der Waals surface area (Å²) in [7, 11) is 0. The molecule has 5 heteroatoms. The van der Waals surface area contributed by atoms with Crippen molar-refractivity contribution in [3.8, 4) is 0 Å². The first-order valence-electron chi connectivity index (χ1n) is 7.88. The highest BCUT2D eigenvalue weighted by atomic mass is 16.2. The Kier molecular flexibility index (Phi) is 3.91. The molecule has 1 fully saturated rings. The van der Waals surface area contributed by atoms with Gasteiger partial charge in [0.15, 0.2) is 0 Å². The van der Waals surface area contributed by atoms with Crippen LogP contribution in [0.1, 0.15) is 26.5 Å². The summed E-state index contributed by atoms with van der Waals surface area (Å²) in [6, 6.07) is 8.21. The molecule has 2 aromatic rings. The molecule has 0 aromatic carbocycles. The minimum absolute atomic E-state index is 0.250. The number of hydrogen-bond donors (Lipinski definition) is 0. The summed E-state index contributed by atoms with van der Waals surface area (Å²) in [4.78, 5) is 16.6. The number of carbonyl (C=O) groups is 1. The summed E-state index contributed by atoms with van der Waals surface area (Å²) >= 11 is 0. The van der Waals surface area contributed by atoms with Crippen LogP contribution in [0.15, 0.2) is 30.5 Å². The predicted octanol–water partition coefficient (Wildman–Crippen LogP) is 2.02. The van der Waals surface area contributed by atoms with Crippen LogP contribution in [0.4, 0.5) is 0 Å². The Morgan fingerprint density at radius 1 is 1.18 bits per heavy atom. The Hall–Kier alpha value is -1.88. The monoisotopic (exact) mass is 300 g/mol. The van der Waals surface area contributed by atoms with Gasteiger partial charge in [-0.1, -0.05) is 26.8 Å². The van der Waals surface area contributed by atoms with Gasteiger partial charge in [0.2, 0.25) is 5.91 Å². The molecular weight excluding hydrogens is 276 g/mol. The molecule has 1 aliphatic heterocycles. The zero-order chi connectivity index (χ0) is 15.7. The fraction of sp³-hybridized carbons (Fsp3) is 0.529. The summed E-state index contributed by atoms with van der Waals surface area (Å²) < 4.78 is 1.91. The van der Waals surface area contributed by atoms with Crippen LogP contribution < -0.4 is 0 Å². The Balaban J connectivity index is 1.59. The standard InChI is InChI=1S/C17H24N4O/c1-17(2,3)16(22)20-10-8-19(9-11-20)13-14-12-15-6-4-5-7-21(15)18-14/h4-7,12H,8-11,13H2,1-3H3. The predicted molar refractivity (Wildman–Crippen MR) is 86.5 cm³/mol. The van der Waals surface area contributed by atoms with Gasteiger partial charge >= 0.3 is 0 Å². The van der Waals surface area contributed by atoms with E-state index in [2.05, 4.69) is 22.1 Å². The van der Waals surface area contributed by atoms with Crippen molar-refractivity contribution < 1.29 is 4.79 Å². The first-order valence-corrected chi connectivity index (χ1v) is 7.88. The van der Waals surface area contributed by atoms with Crippen molar-refractivity contribution >= 4 is 11.4 Å². The van der Waals surface area contributed by atoms with Crippen molar-refractivity contribution in [2.75, 3.05) is 26.2 Å². The maximum absolute atomic E-state index is 12.3. The highest BCUT2D eigenvalue weighted by Crippen LogP contribution is 2.19. The third-order valence-electron chi connectivity index (χ3n) is 4.11. The molecule has 2 aromatic heterocycles. The minimum Gasteiger partial charge on any atom is -0.340 e. The Morgan fingerprint density at radius 2 is 1.91 bits per heavy atom. The lowest BCUT2D eigenvalue weighted by atomic mass is 9.94. The van der Waals surface area contributed by atoms with Crippen LogP contribution in [-0.2, 0) is 11.3 Å². The lowest BCUT2D eigenvalue weighted by Crippen LogP contribution is -2.51. The quantitative estimate of drug-likeness (QED) is 0.852. The van der Waals surface area contributed by atoms with Gasteiger partial charge in [-0.25, -0.2) is 4.52 Å². The topological polar surface area (TPSA) is 40.9 Å². The molecule has 1 saturated heterocycles. The van der Waals surface area contributed by atoms with E-state index in [1.54, 1.807) is 0 Å². The SMILES string of the molecule is CC(C)(C)C(=O)N1CCN(Cc2cc3ccccn3n2)CC1. The third-order valence-corrected chi connectivity index (χ3v) is 4.11. The number of carbonyl (C=O) groups excluding carboxylic acids is 1. The summed E-state index contributed by atoms with van der Waals surface area (Å²) in [6.45, 7) is 10.2. The number of aromatic nitrogens is 2. The molecule has 0 radical (unpaired) electrons. The van der Waals surface area contributed by atoms with E-state index in [1.807, 2.05) is 48.5 Å². The average Bonchev–Trinajstić information content (AvgIpc) is 2.88. The van der Waals surface area contributed by atoms with Gasteiger partial charge in [0.1, 0.15) is 0 Å². The highest BCUT2D eigenvalue weighted by Gasteiger charge is 2.29. The maximum atomic E-state index is 12.3. The van der Waals surface area contributed by atoms with E-state index in [0.29, 0.717) is 0 Å². The maximum Gasteiger partial charge on any atom is 0.228 e. The van der Waals surface area contributed by atoms with E-state index in [4.69, 9.17) is 0 Å². The first kappa shape index (κ1) is 15.0. The van der Waals surface area contributed by atoms with Crippen LogP contribution in [-0.4, -0.2) is 51.5 Å². The zero-order valence-electron chi connectivity index (χ0n) is 13.6. The average molecular weight is 300 g/mol. The van der Waals surface area contributed by atoms with Crippen molar-refractivity contribution in [3.05, 3.63) is 36.2 Å². The van der Waals surface area contributed by atoms with Crippen LogP contribution in [0.5, 0.6) is 0 Å². The van der Waals surface area contributed by atoms with Gasteiger partial charge in [0.05, 0.1) is 11.2 Å². The molecule has 0 N–H and O–H groups in total. The molecule has 0 saturated carbocycles. The Labute approximate surface area is 131 Å². The molecule has 0 aliphatic carbocycles. The normalized spacial score (nSPS) is 17.1. The van der Waals surface area contributed by atoms with Crippen LogP contribution in [0.3, 0.4) is 0 Å². The molecule has 3 heterocycles. The number of amides is 1. The second kappa shape index (κ2) is 5.72. The van der Waals surface area contributed by atoms with Gasteiger partial charge in [-0.2, -0.15) is 5.10 Å². The van der Waals surface area contributed by atoms with E-state index in [0.717, 1.165) is 43.9 Å². The number of hydrogen-bond acceptors (Lipinski definition) is 3. The molecule has 0 unspecified atom stereocenters. The number of fused-ring (bicyclic) bond motifs is 1. The Bertz CT molecular complexity index is 630. The highest BCUT2D eigenvalue weighted by molar-refractivity contribution is 5.81. The largest absolute Gasteiger partial charge is 0.340 e. The summed E-state index contributed by atoms with van der Waals surface area (Å²) in [6.07, 6.45) is 1.97. The number of nitrogens with zero attached hydrogens (tertiary/aromatic N) is 4. The van der Waals surface area contributed by atoms with Crippen molar-refractivity contribution in [1.29, 1.82) is 0 Å². The molecule has 22 heavy (non-hydrogen) atoms. The third kappa shape index (κ3) is 3.14. The smallest absolute Gasteiger partial charge is 0.228 e. The van der Waals surface area contributed by atoms with Gasteiger partial charge in [0.25, 0.3) is 0 Å². The zero-order valence-corrected chi connectivity index (χ0v) is 13.6. The van der Waals surface area contributed by atoms with Gasteiger partial charge in [-0.3, -0.25) is 9.69 Å². The molecule has 3 rings (SSSR count). The van der Waals surface area contributed by atoms with Gasteiger partial charge < -0.3 is 4.90 Å². The van der Waals surface area contributed by atoms with Gasteiger partial charge in [-0.15, -0.1) is 0 Å². The van der Waals surface area contributed by atoms with Crippen molar-refractivity contribution in [1.82, 2.24) is 19.4 Å². The summed E-state index contributed by atoms with van der Waals surface area (Å²) in [5.74, 6) is 0.250. The molecule has 1 aliphatic rings. The van der Waals surface area contributed by atoms with E-state index in [9.17, 15) is 4.79 Å². The molecule has 0 atom stereocenters. The van der Waals surface area contributed by atoms with E-state index in [1.165, 1.54) is 0 Å². The number of pyridine rings is 1. The summed E-state index contributed by atoms with van der Waals surface area (Å²) in [5.41, 5.74) is 1.92. The number of piperazine rings is 1. The lowest BCUT2D eigenvalue weighted by molar-refractivity contribution is -0.141. The lowest BCUT2D eigenvalue weighted by Gasteiger charge is -2.37. The van der Waals surface area contributed by atoms with Gasteiger partial charge in [-0.05, 0) is 18.2 Å². The Morgan fingerprint density at radius 3 is 2.55 bits per heavy atom. The molecule has 0 bridgehead atoms. The van der Waals surface area contributed by atoms with Crippen molar-refractivity contribution in [2.45, 2.75) is 27.3 Å². The fourth-order valence-corrected chi connectivity index (χ4v) is 2.88. The van der Waals surface area contributed by atoms with Crippen molar-refractivity contribution in [2.24, 2.45) is 5.41 Å². The van der Waals surface area contributed by atoms with Crippen LogP contribution in [0, 0.1) is 5.41 Å². The minimum atomic E-state index is -0.288. The summed E-state index contributed by atoms with van der Waals surface area (Å²) in [5, 5.41) is 4.59. The number of rotatable bonds is 2. The van der Waals surface area contributed by atoms with E-state index >= 15 is 0 Å². The second-order valence-corrected chi connectivity index (χ2v) is 7.02. The molecule has 1 amide bonds. The van der Waals surface area contributed by atoms with E-state index in [-0.39, 0.29) is 11.3 Å². The second-order valence-electron chi connectivity index (χ2n) is 7.02. The van der Waals surface area contributed by atoms with Crippen LogP contribution in [0.2, 0.25) is 0 Å².